The van der Waals surface area contributed by atoms with Crippen LogP contribution in [-0.2, 0) is 4.74 Å². The van der Waals surface area contributed by atoms with E-state index in [0.717, 1.165) is 6.61 Å². The second-order valence-corrected chi connectivity index (χ2v) is 9.96. The molecule has 0 amide bonds. The van der Waals surface area contributed by atoms with Crippen molar-refractivity contribution < 1.29 is 6.16 Å². The molecule has 66 valence electrons. The summed E-state index contributed by atoms with van der Waals surface area (Å²) >= 11 is 0. The molecule has 0 spiro atoms. The van der Waals surface area contributed by atoms with Crippen LogP contribution in [0, 0.1) is 0 Å². The Hall–Kier alpha value is 0.394. The Labute approximate surface area is 75.4 Å². The van der Waals surface area contributed by atoms with Crippen LogP contribution in [0.4, 0.5) is 0 Å². The average Bonchev–Trinajstić information content (AvgIpc) is 2.05. The molecule has 0 aromatic rings. The third-order valence-electron chi connectivity index (χ3n) is 3.03. The summed E-state index contributed by atoms with van der Waals surface area (Å²) in [6.45, 7) is 8.36. The van der Waals surface area contributed by atoms with Crippen molar-refractivity contribution in [2.75, 3.05) is 6.61 Å². The molecular formula is C8H21OSi2+. The van der Waals surface area contributed by atoms with Crippen LogP contribution < -0.4 is 0 Å². The first kappa shape index (κ1) is 9.48. The molecule has 0 radical (unpaired) electrons. The second-order valence-electron chi connectivity index (χ2n) is 3.88. The van der Waals surface area contributed by atoms with Crippen LogP contribution in [-0.4, -0.2) is 29.8 Å². The van der Waals surface area contributed by atoms with Crippen molar-refractivity contribution in [3.05, 3.63) is 0 Å². The van der Waals surface area contributed by atoms with E-state index in [9.17, 15) is 0 Å². The van der Waals surface area contributed by atoms with Gasteiger partial charge in [0.05, 0.1) is 18.3 Å². The summed E-state index contributed by atoms with van der Waals surface area (Å²) in [4.78, 5) is 0.498. The van der Waals surface area contributed by atoms with Gasteiger partial charge in [0.15, 0.2) is 0 Å². The van der Waals surface area contributed by atoms with E-state index >= 15 is 0 Å². The first-order valence-electron chi connectivity index (χ1n) is 4.85. The fraction of sp³-hybridized carbons (Fsp3) is 1.00. The average molecular weight is 189 g/mol. The number of ether oxygens (including phenoxy) is 1. The molecule has 1 aliphatic rings. The van der Waals surface area contributed by atoms with Crippen LogP contribution in [0.1, 0.15) is 20.7 Å². The summed E-state index contributed by atoms with van der Waals surface area (Å²) in [6, 6.07) is 0. The summed E-state index contributed by atoms with van der Waals surface area (Å²) in [7, 11) is -0.495. The molecule has 0 saturated carbocycles. The van der Waals surface area contributed by atoms with Gasteiger partial charge in [-0.2, -0.15) is 0 Å². The predicted octanol–water partition coefficient (Wildman–Crippen LogP) is 1.24. The highest BCUT2D eigenvalue weighted by atomic mass is 28.3. The van der Waals surface area contributed by atoms with E-state index in [4.69, 9.17) is 4.74 Å². The molecule has 1 saturated heterocycles. The Bertz CT molecular complexity index is 124. The van der Waals surface area contributed by atoms with Gasteiger partial charge in [0, 0.05) is 11.5 Å². The number of hydrogen-bond acceptors (Lipinski definition) is 1. The van der Waals surface area contributed by atoms with E-state index in [0.29, 0.717) is 4.85 Å². The maximum Gasteiger partial charge on any atom is 1.00 e. The van der Waals surface area contributed by atoms with Crippen LogP contribution in [0.5, 0.6) is 0 Å². The first-order chi connectivity index (χ1) is 5.21. The monoisotopic (exact) mass is 189 g/mol. The van der Waals surface area contributed by atoms with Crippen LogP contribution in [0.2, 0.25) is 19.6 Å². The standard InChI is InChI=1S/C8H20OSi2/c1-10-8(11(2)3)6-4-5-7-9-8/h11H,4-7,10H2,1-3H3/p+1. The Kier molecular flexibility index (Phi) is 3.34. The summed E-state index contributed by atoms with van der Waals surface area (Å²) in [5.74, 6) is 0. The highest BCUT2D eigenvalue weighted by Gasteiger charge is 2.34. The van der Waals surface area contributed by atoms with Gasteiger partial charge in [-0.1, -0.05) is 19.6 Å². The summed E-state index contributed by atoms with van der Waals surface area (Å²) < 4.78 is 6.00. The van der Waals surface area contributed by atoms with E-state index in [1.54, 1.807) is 0 Å². The second kappa shape index (κ2) is 3.87. The van der Waals surface area contributed by atoms with Crippen LogP contribution in [0.15, 0.2) is 0 Å². The Balaban J connectivity index is 0.00000121. The maximum atomic E-state index is 6.00. The zero-order valence-electron chi connectivity index (χ0n) is 9.02. The van der Waals surface area contributed by atoms with Crippen molar-refractivity contribution in [2.24, 2.45) is 0 Å². The van der Waals surface area contributed by atoms with Crippen molar-refractivity contribution in [1.82, 2.24) is 0 Å². The fourth-order valence-corrected chi connectivity index (χ4v) is 7.47. The quantitative estimate of drug-likeness (QED) is 0.594. The lowest BCUT2D eigenvalue weighted by Crippen LogP contribution is -2.51. The lowest BCUT2D eigenvalue weighted by Gasteiger charge is -2.39. The highest BCUT2D eigenvalue weighted by Crippen LogP contribution is 2.26. The lowest BCUT2D eigenvalue weighted by molar-refractivity contribution is 0.0314. The minimum absolute atomic E-state index is 0. The molecular weight excluding hydrogens is 168 g/mol. The van der Waals surface area contributed by atoms with Crippen molar-refractivity contribution >= 4 is 18.3 Å². The van der Waals surface area contributed by atoms with E-state index in [-0.39, 0.29) is 10.9 Å². The smallest absolute Gasteiger partial charge is 0.383 e. The topological polar surface area (TPSA) is 9.23 Å². The minimum Gasteiger partial charge on any atom is -0.383 e. The molecule has 1 atom stereocenters. The van der Waals surface area contributed by atoms with E-state index < -0.39 is 8.80 Å². The minimum atomic E-state index is -0.548. The molecule has 1 unspecified atom stereocenters. The Morgan fingerprint density at radius 1 is 1.45 bits per heavy atom. The molecule has 1 fully saturated rings. The van der Waals surface area contributed by atoms with Gasteiger partial charge in [-0.15, -0.1) is 0 Å². The van der Waals surface area contributed by atoms with Crippen molar-refractivity contribution in [3.63, 3.8) is 0 Å². The van der Waals surface area contributed by atoms with Crippen molar-refractivity contribution in [2.45, 2.75) is 43.8 Å². The highest BCUT2D eigenvalue weighted by molar-refractivity contribution is 6.72. The van der Waals surface area contributed by atoms with Gasteiger partial charge in [-0.25, -0.2) is 0 Å². The van der Waals surface area contributed by atoms with Gasteiger partial charge in [0.1, 0.15) is 0 Å². The van der Waals surface area contributed by atoms with Gasteiger partial charge in [-0.3, -0.25) is 0 Å². The van der Waals surface area contributed by atoms with E-state index in [1.165, 1.54) is 19.3 Å². The number of rotatable bonds is 2. The summed E-state index contributed by atoms with van der Waals surface area (Å²) in [6.07, 6.45) is 4.11. The molecule has 1 rings (SSSR count). The summed E-state index contributed by atoms with van der Waals surface area (Å²) in [5, 5.41) is 0. The summed E-state index contributed by atoms with van der Waals surface area (Å²) in [5.41, 5.74) is 0. The largest absolute Gasteiger partial charge is 1.00 e. The number of hydrogen-bond donors (Lipinski definition) is 0. The third kappa shape index (κ3) is 1.95. The Morgan fingerprint density at radius 3 is 2.45 bits per heavy atom. The SMILES string of the molecule is C[SiH2]C1([SiH](C)C)CCCCO1.[H+]. The molecule has 1 nitrogen and oxygen atoms in total. The van der Waals surface area contributed by atoms with Crippen LogP contribution in [0.25, 0.3) is 0 Å². The van der Waals surface area contributed by atoms with Crippen molar-refractivity contribution in [3.8, 4) is 0 Å². The van der Waals surface area contributed by atoms with Gasteiger partial charge < -0.3 is 4.74 Å². The third-order valence-corrected chi connectivity index (χ3v) is 11.0. The molecule has 3 heteroatoms. The maximum absolute atomic E-state index is 6.00. The molecule has 0 aromatic heterocycles. The zero-order valence-corrected chi connectivity index (χ0v) is 10.6. The molecule has 0 aliphatic carbocycles. The molecule has 0 aromatic carbocycles. The normalized spacial score (nSPS) is 33.8. The van der Waals surface area contributed by atoms with Gasteiger partial charge in [0.25, 0.3) is 0 Å². The first-order valence-corrected chi connectivity index (χ1v) is 9.86. The van der Waals surface area contributed by atoms with Crippen molar-refractivity contribution in [1.29, 1.82) is 0 Å². The predicted molar refractivity (Wildman–Crippen MR) is 56.9 cm³/mol. The molecule has 1 aliphatic heterocycles. The molecule has 11 heavy (non-hydrogen) atoms. The van der Waals surface area contributed by atoms with Gasteiger partial charge >= 0.3 is 1.43 Å². The van der Waals surface area contributed by atoms with Crippen LogP contribution in [0.3, 0.4) is 0 Å². The molecule has 0 N–H and O–H groups in total. The molecule has 1 heterocycles. The van der Waals surface area contributed by atoms with E-state index in [1.807, 2.05) is 0 Å². The fourth-order valence-electron chi connectivity index (χ4n) is 2.02. The molecule has 0 bridgehead atoms. The Morgan fingerprint density at radius 2 is 2.18 bits per heavy atom. The lowest BCUT2D eigenvalue weighted by atomic mass is 10.2. The van der Waals surface area contributed by atoms with Gasteiger partial charge in [-0.05, 0) is 19.3 Å². The van der Waals surface area contributed by atoms with Gasteiger partial charge in [0.2, 0.25) is 0 Å². The van der Waals surface area contributed by atoms with E-state index in [2.05, 4.69) is 19.6 Å². The van der Waals surface area contributed by atoms with Crippen LogP contribution >= 0.6 is 0 Å². The zero-order chi connectivity index (χ0) is 8.32.